The quantitative estimate of drug-likeness (QED) is 0.884. The number of benzene rings is 1. The molecule has 3 heterocycles. The minimum absolute atomic E-state index is 0.000597. The zero-order valence-electron chi connectivity index (χ0n) is 16.4. The van der Waals surface area contributed by atoms with Gasteiger partial charge in [0.15, 0.2) is 0 Å². The van der Waals surface area contributed by atoms with E-state index in [1.807, 2.05) is 29.4 Å². The fraction of sp³-hybridized carbons (Fsp3) is 0.455. The van der Waals surface area contributed by atoms with Gasteiger partial charge in [0, 0.05) is 69.6 Å². The summed E-state index contributed by atoms with van der Waals surface area (Å²) in [6, 6.07) is 12.3. The van der Waals surface area contributed by atoms with E-state index in [9.17, 15) is 4.79 Å². The zero-order chi connectivity index (χ0) is 19.2. The van der Waals surface area contributed by atoms with E-state index < -0.39 is 0 Å². The molecule has 1 N–H and O–H groups in total. The van der Waals surface area contributed by atoms with E-state index in [-0.39, 0.29) is 6.03 Å². The van der Waals surface area contributed by atoms with Crippen LogP contribution in [0, 0.1) is 0 Å². The first-order valence-electron chi connectivity index (χ1n) is 10.3. The number of nitrogens with zero attached hydrogens (tertiary/aromatic N) is 4. The highest BCUT2D eigenvalue weighted by Crippen LogP contribution is 2.23. The molecule has 0 spiro atoms. The molecule has 0 radical (unpaired) electrons. The SMILES string of the molecule is O=C(Nc1cccc(N2CCCCC2)c1)N1CCN(Cc2ccncc2)CC1. The standard InChI is InChI=1S/C22H29N5O/c28-22(24-20-5-4-6-21(17-20)26-11-2-1-3-12-26)27-15-13-25(14-16-27)18-19-7-9-23-10-8-19/h4-10,17H,1-3,11-16,18H2,(H,24,28). The third kappa shape index (κ3) is 4.81. The van der Waals surface area contributed by atoms with Crippen molar-refractivity contribution in [3.63, 3.8) is 0 Å². The Kier molecular flexibility index (Phi) is 6.07. The first-order valence-corrected chi connectivity index (χ1v) is 10.3. The number of piperidine rings is 1. The van der Waals surface area contributed by atoms with Crippen LogP contribution in [0.15, 0.2) is 48.8 Å². The Balaban J connectivity index is 1.29. The van der Waals surface area contributed by atoms with E-state index in [1.54, 1.807) is 0 Å². The number of pyridine rings is 1. The topological polar surface area (TPSA) is 51.7 Å². The van der Waals surface area contributed by atoms with Crippen molar-refractivity contribution in [2.24, 2.45) is 0 Å². The van der Waals surface area contributed by atoms with Crippen LogP contribution < -0.4 is 10.2 Å². The van der Waals surface area contributed by atoms with Crippen molar-refractivity contribution in [2.75, 3.05) is 49.5 Å². The van der Waals surface area contributed by atoms with Gasteiger partial charge >= 0.3 is 6.03 Å². The van der Waals surface area contributed by atoms with Crippen LogP contribution >= 0.6 is 0 Å². The molecule has 28 heavy (non-hydrogen) atoms. The number of carbonyl (C=O) groups excluding carboxylic acids is 1. The first kappa shape index (κ1) is 18.7. The minimum Gasteiger partial charge on any atom is -0.371 e. The van der Waals surface area contributed by atoms with E-state index in [1.165, 1.54) is 30.5 Å². The van der Waals surface area contributed by atoms with E-state index in [0.717, 1.165) is 51.5 Å². The summed E-state index contributed by atoms with van der Waals surface area (Å²) in [5, 5.41) is 3.09. The van der Waals surface area contributed by atoms with E-state index >= 15 is 0 Å². The van der Waals surface area contributed by atoms with Gasteiger partial charge < -0.3 is 15.1 Å². The lowest BCUT2D eigenvalue weighted by Crippen LogP contribution is -2.49. The van der Waals surface area contributed by atoms with Gasteiger partial charge in [-0.05, 0) is 55.2 Å². The van der Waals surface area contributed by atoms with E-state index in [0.29, 0.717) is 0 Å². The van der Waals surface area contributed by atoms with Gasteiger partial charge in [-0.2, -0.15) is 0 Å². The fourth-order valence-electron chi connectivity index (χ4n) is 3.99. The van der Waals surface area contributed by atoms with Gasteiger partial charge in [0.2, 0.25) is 0 Å². The Morgan fingerprint density at radius 1 is 0.929 bits per heavy atom. The molecule has 148 valence electrons. The normalized spacial score (nSPS) is 18.1. The molecule has 2 aliphatic rings. The minimum atomic E-state index is -0.000597. The van der Waals surface area contributed by atoms with Gasteiger partial charge in [-0.3, -0.25) is 9.88 Å². The summed E-state index contributed by atoms with van der Waals surface area (Å²) in [4.78, 5) is 23.5. The number of hydrogen-bond donors (Lipinski definition) is 1. The molecule has 6 nitrogen and oxygen atoms in total. The molecule has 2 aromatic rings. The van der Waals surface area contributed by atoms with Crippen LogP contribution in [0.4, 0.5) is 16.2 Å². The maximum atomic E-state index is 12.7. The number of carbonyl (C=O) groups is 1. The van der Waals surface area contributed by atoms with Crippen LogP contribution in [0.25, 0.3) is 0 Å². The van der Waals surface area contributed by atoms with Gasteiger partial charge in [-0.1, -0.05) is 6.07 Å². The molecule has 6 heteroatoms. The molecule has 2 amide bonds. The monoisotopic (exact) mass is 379 g/mol. The van der Waals surface area contributed by atoms with Crippen molar-refractivity contribution in [2.45, 2.75) is 25.8 Å². The number of urea groups is 1. The highest BCUT2D eigenvalue weighted by Gasteiger charge is 2.21. The number of piperazine rings is 1. The average molecular weight is 380 g/mol. The van der Waals surface area contributed by atoms with Gasteiger partial charge in [-0.25, -0.2) is 4.79 Å². The van der Waals surface area contributed by atoms with Gasteiger partial charge in [0.05, 0.1) is 0 Å². The van der Waals surface area contributed by atoms with Crippen LogP contribution in [0.2, 0.25) is 0 Å². The van der Waals surface area contributed by atoms with Crippen LogP contribution in [0.3, 0.4) is 0 Å². The Morgan fingerprint density at radius 3 is 2.43 bits per heavy atom. The molecule has 1 aromatic carbocycles. The molecule has 1 aromatic heterocycles. The lowest BCUT2D eigenvalue weighted by Gasteiger charge is -2.34. The van der Waals surface area contributed by atoms with Crippen LogP contribution in [0.1, 0.15) is 24.8 Å². The van der Waals surface area contributed by atoms with Crippen LogP contribution in [-0.2, 0) is 6.54 Å². The van der Waals surface area contributed by atoms with E-state index in [2.05, 4.69) is 44.4 Å². The molecule has 0 unspecified atom stereocenters. The third-order valence-electron chi connectivity index (χ3n) is 5.63. The van der Waals surface area contributed by atoms with Gasteiger partial charge in [0.25, 0.3) is 0 Å². The number of aromatic nitrogens is 1. The molecule has 0 aliphatic carbocycles. The number of nitrogens with one attached hydrogen (secondary N) is 1. The lowest BCUT2D eigenvalue weighted by atomic mass is 10.1. The summed E-state index contributed by atoms with van der Waals surface area (Å²) >= 11 is 0. The summed E-state index contributed by atoms with van der Waals surface area (Å²) in [7, 11) is 0. The maximum absolute atomic E-state index is 12.7. The van der Waals surface area contributed by atoms with Crippen LogP contribution in [-0.4, -0.2) is 60.1 Å². The number of amides is 2. The Morgan fingerprint density at radius 2 is 1.68 bits per heavy atom. The third-order valence-corrected chi connectivity index (χ3v) is 5.63. The summed E-state index contributed by atoms with van der Waals surface area (Å²) < 4.78 is 0. The lowest BCUT2D eigenvalue weighted by molar-refractivity contribution is 0.143. The van der Waals surface area contributed by atoms with E-state index in [4.69, 9.17) is 0 Å². The zero-order valence-corrected chi connectivity index (χ0v) is 16.4. The molecule has 2 fully saturated rings. The van der Waals surface area contributed by atoms with Crippen molar-refractivity contribution in [3.8, 4) is 0 Å². The Labute approximate surface area is 167 Å². The summed E-state index contributed by atoms with van der Waals surface area (Å²) in [5.74, 6) is 0. The maximum Gasteiger partial charge on any atom is 0.321 e. The van der Waals surface area contributed by atoms with Crippen molar-refractivity contribution in [1.29, 1.82) is 0 Å². The molecular formula is C22H29N5O. The smallest absolute Gasteiger partial charge is 0.321 e. The van der Waals surface area contributed by atoms with Gasteiger partial charge in [-0.15, -0.1) is 0 Å². The second kappa shape index (κ2) is 9.06. The van der Waals surface area contributed by atoms with Crippen molar-refractivity contribution < 1.29 is 4.79 Å². The van der Waals surface area contributed by atoms with Crippen molar-refractivity contribution >= 4 is 17.4 Å². The predicted octanol–water partition coefficient (Wildman–Crippen LogP) is 3.42. The number of rotatable bonds is 4. The molecule has 2 saturated heterocycles. The summed E-state index contributed by atoms with van der Waals surface area (Å²) in [6.07, 6.45) is 7.48. The highest BCUT2D eigenvalue weighted by atomic mass is 16.2. The average Bonchev–Trinajstić information content (AvgIpc) is 2.76. The fourth-order valence-corrected chi connectivity index (χ4v) is 3.99. The second-order valence-corrected chi connectivity index (χ2v) is 7.65. The highest BCUT2D eigenvalue weighted by molar-refractivity contribution is 5.90. The molecule has 0 bridgehead atoms. The molecule has 0 saturated carbocycles. The summed E-state index contributed by atoms with van der Waals surface area (Å²) in [6.45, 7) is 6.42. The number of hydrogen-bond acceptors (Lipinski definition) is 4. The Hall–Kier alpha value is -2.60. The Bertz CT molecular complexity index is 768. The first-order chi connectivity index (χ1) is 13.8. The number of anilines is 2. The van der Waals surface area contributed by atoms with Crippen LogP contribution in [0.5, 0.6) is 0 Å². The predicted molar refractivity (Wildman–Crippen MR) is 113 cm³/mol. The van der Waals surface area contributed by atoms with Crippen molar-refractivity contribution in [3.05, 3.63) is 54.4 Å². The van der Waals surface area contributed by atoms with Gasteiger partial charge in [0.1, 0.15) is 0 Å². The molecule has 4 rings (SSSR count). The second-order valence-electron chi connectivity index (χ2n) is 7.65. The summed E-state index contributed by atoms with van der Waals surface area (Å²) in [5.41, 5.74) is 3.36. The van der Waals surface area contributed by atoms with Crippen molar-refractivity contribution in [1.82, 2.24) is 14.8 Å². The molecule has 0 atom stereocenters. The molecular weight excluding hydrogens is 350 g/mol. The molecule has 2 aliphatic heterocycles. The largest absolute Gasteiger partial charge is 0.371 e.